The van der Waals surface area contributed by atoms with Gasteiger partial charge in [0, 0.05) is 37.7 Å². The molecule has 2 fully saturated rings. The quantitative estimate of drug-likeness (QED) is 0.580. The number of fused-ring (bicyclic) bond motifs is 2. The van der Waals surface area contributed by atoms with Crippen LogP contribution in [0, 0.1) is 17.5 Å². The molecule has 0 unspecified atom stereocenters. The molecule has 0 spiro atoms. The number of likely N-dealkylation sites (tertiary alicyclic amines) is 2. The van der Waals surface area contributed by atoms with Crippen molar-refractivity contribution in [3.63, 3.8) is 0 Å². The Labute approximate surface area is 200 Å². The fraction of sp³-hybridized carbons (Fsp3) is 0.417. The number of carbonyl (C=O) groups excluding carboxylic acids is 2. The summed E-state index contributed by atoms with van der Waals surface area (Å²) in [6.07, 6.45) is 0.462. The maximum absolute atomic E-state index is 13.9. The molecular weight excluding hydrogens is 465 g/mol. The summed E-state index contributed by atoms with van der Waals surface area (Å²) in [6.45, 7) is 0.722. The topological polar surface area (TPSA) is 97.1 Å². The van der Waals surface area contributed by atoms with Crippen molar-refractivity contribution in [3.8, 4) is 11.5 Å². The van der Waals surface area contributed by atoms with Gasteiger partial charge in [-0.1, -0.05) is 0 Å². The molecule has 35 heavy (non-hydrogen) atoms. The van der Waals surface area contributed by atoms with E-state index in [1.165, 1.54) is 14.2 Å². The predicted molar refractivity (Wildman–Crippen MR) is 122 cm³/mol. The SMILES string of the molecule is COc1ccc(OC)c(NC(=O)N2C[C@@H]3C[C@H]2CN3C(=O)C[C@H](N)Cc2cc(F)c(F)cc2F)c1. The van der Waals surface area contributed by atoms with Crippen LogP contribution in [0.1, 0.15) is 18.4 Å². The third-order valence-corrected chi connectivity index (χ3v) is 6.48. The van der Waals surface area contributed by atoms with E-state index in [9.17, 15) is 22.8 Å². The summed E-state index contributed by atoms with van der Waals surface area (Å²) < 4.78 is 51.0. The predicted octanol–water partition coefficient (Wildman–Crippen LogP) is 2.90. The van der Waals surface area contributed by atoms with E-state index >= 15 is 0 Å². The number of amides is 3. The standard InChI is InChI=1S/C24H27F3N4O4/c1-34-17-3-4-22(35-2)21(9-17)29-24(33)31-12-15-8-16(31)11-30(15)23(32)7-14(28)5-13-6-19(26)20(27)10-18(13)25/h3-4,6,9-10,14-16H,5,7-8,11-12,28H2,1-2H3,(H,29,33)/t14-,15+,16+/m1/s1. The fourth-order valence-corrected chi connectivity index (χ4v) is 4.74. The molecule has 0 radical (unpaired) electrons. The number of hydrogen-bond donors (Lipinski definition) is 2. The second-order valence-electron chi connectivity index (χ2n) is 8.76. The molecule has 3 amide bonds. The number of anilines is 1. The molecule has 0 aromatic heterocycles. The van der Waals surface area contributed by atoms with Crippen LogP contribution in [0.4, 0.5) is 23.7 Å². The van der Waals surface area contributed by atoms with Gasteiger partial charge in [0.15, 0.2) is 11.6 Å². The number of rotatable bonds is 7. The Hall–Kier alpha value is -3.47. The summed E-state index contributed by atoms with van der Waals surface area (Å²) >= 11 is 0. The van der Waals surface area contributed by atoms with Crippen LogP contribution < -0.4 is 20.5 Å². The van der Waals surface area contributed by atoms with Gasteiger partial charge in [-0.3, -0.25) is 4.79 Å². The number of methoxy groups -OCH3 is 2. The zero-order valence-electron chi connectivity index (χ0n) is 19.4. The zero-order valence-corrected chi connectivity index (χ0v) is 19.4. The minimum absolute atomic E-state index is 0.0745. The van der Waals surface area contributed by atoms with E-state index in [0.717, 1.165) is 6.07 Å². The summed E-state index contributed by atoms with van der Waals surface area (Å²) in [5, 5.41) is 2.85. The van der Waals surface area contributed by atoms with Gasteiger partial charge in [-0.25, -0.2) is 18.0 Å². The lowest BCUT2D eigenvalue weighted by molar-refractivity contribution is -0.133. The van der Waals surface area contributed by atoms with E-state index in [4.69, 9.17) is 15.2 Å². The second kappa shape index (κ2) is 10.0. The molecule has 0 aliphatic carbocycles. The van der Waals surface area contributed by atoms with Crippen LogP contribution in [0.15, 0.2) is 30.3 Å². The highest BCUT2D eigenvalue weighted by Gasteiger charge is 2.47. The third kappa shape index (κ3) is 5.14. The van der Waals surface area contributed by atoms with Gasteiger partial charge in [-0.2, -0.15) is 0 Å². The van der Waals surface area contributed by atoms with E-state index in [1.807, 2.05) is 0 Å². The van der Waals surface area contributed by atoms with Crippen molar-refractivity contribution in [2.75, 3.05) is 32.6 Å². The first-order chi connectivity index (χ1) is 16.7. The highest BCUT2D eigenvalue weighted by Crippen LogP contribution is 2.34. The molecule has 3 atom stereocenters. The summed E-state index contributed by atoms with van der Waals surface area (Å²) in [6, 6.07) is 4.95. The number of urea groups is 1. The van der Waals surface area contributed by atoms with Gasteiger partial charge in [-0.05, 0) is 36.6 Å². The maximum Gasteiger partial charge on any atom is 0.322 e. The Bertz CT molecular complexity index is 1130. The van der Waals surface area contributed by atoms with Gasteiger partial charge in [0.2, 0.25) is 5.91 Å². The van der Waals surface area contributed by atoms with Gasteiger partial charge >= 0.3 is 6.03 Å². The molecule has 2 heterocycles. The van der Waals surface area contributed by atoms with Gasteiger partial charge < -0.3 is 30.3 Å². The minimum atomic E-state index is -1.28. The first kappa shape index (κ1) is 24.6. The minimum Gasteiger partial charge on any atom is -0.497 e. The van der Waals surface area contributed by atoms with E-state index in [0.29, 0.717) is 42.8 Å². The Morgan fingerprint density at radius 1 is 1.03 bits per heavy atom. The monoisotopic (exact) mass is 492 g/mol. The van der Waals surface area contributed by atoms with Crippen LogP contribution in [0.3, 0.4) is 0 Å². The number of nitrogens with zero attached hydrogens (tertiary/aromatic N) is 2. The lowest BCUT2D eigenvalue weighted by atomic mass is 10.0. The number of carbonyl (C=O) groups is 2. The van der Waals surface area contributed by atoms with Crippen LogP contribution >= 0.6 is 0 Å². The van der Waals surface area contributed by atoms with Crippen LogP contribution in [-0.4, -0.2) is 67.2 Å². The van der Waals surface area contributed by atoms with E-state index < -0.39 is 23.5 Å². The molecule has 2 aliphatic heterocycles. The molecular formula is C24H27F3N4O4. The molecule has 2 aliphatic rings. The van der Waals surface area contributed by atoms with Crippen LogP contribution in [0.2, 0.25) is 0 Å². The first-order valence-corrected chi connectivity index (χ1v) is 11.2. The van der Waals surface area contributed by atoms with Crippen molar-refractivity contribution in [2.24, 2.45) is 5.73 Å². The molecule has 2 saturated heterocycles. The zero-order chi connectivity index (χ0) is 25.3. The number of ether oxygens (including phenoxy) is 2. The van der Waals surface area contributed by atoms with E-state index in [1.54, 1.807) is 28.0 Å². The Kier molecular flexibility index (Phi) is 7.06. The molecule has 2 bridgehead atoms. The molecule has 4 rings (SSSR count). The Balaban J connectivity index is 1.33. The molecule has 8 nitrogen and oxygen atoms in total. The lowest BCUT2D eigenvalue weighted by Crippen LogP contribution is -2.52. The van der Waals surface area contributed by atoms with Crippen molar-refractivity contribution in [1.29, 1.82) is 0 Å². The fourth-order valence-electron chi connectivity index (χ4n) is 4.74. The number of nitrogens with two attached hydrogens (primary N) is 1. The summed E-state index contributed by atoms with van der Waals surface area (Å²) in [5.74, 6) is -2.50. The average molecular weight is 492 g/mol. The van der Waals surface area contributed by atoms with Gasteiger partial charge in [-0.15, -0.1) is 0 Å². The van der Waals surface area contributed by atoms with Crippen molar-refractivity contribution >= 4 is 17.6 Å². The molecule has 3 N–H and O–H groups in total. The largest absolute Gasteiger partial charge is 0.497 e. The summed E-state index contributed by atoms with van der Waals surface area (Å²) in [5.41, 5.74) is 6.41. The lowest BCUT2D eigenvalue weighted by Gasteiger charge is -2.34. The highest BCUT2D eigenvalue weighted by molar-refractivity contribution is 5.92. The maximum atomic E-state index is 13.9. The Morgan fingerprint density at radius 2 is 1.71 bits per heavy atom. The number of piperazine rings is 1. The van der Waals surface area contributed by atoms with Gasteiger partial charge in [0.1, 0.15) is 17.3 Å². The average Bonchev–Trinajstić information content (AvgIpc) is 3.44. The van der Waals surface area contributed by atoms with Gasteiger partial charge in [0.05, 0.1) is 32.0 Å². The van der Waals surface area contributed by atoms with Crippen molar-refractivity contribution in [3.05, 3.63) is 53.3 Å². The van der Waals surface area contributed by atoms with E-state index in [-0.39, 0.29) is 42.4 Å². The third-order valence-electron chi connectivity index (χ3n) is 6.48. The first-order valence-electron chi connectivity index (χ1n) is 11.2. The van der Waals surface area contributed by atoms with Crippen molar-refractivity contribution in [2.45, 2.75) is 37.4 Å². The van der Waals surface area contributed by atoms with Crippen molar-refractivity contribution in [1.82, 2.24) is 9.80 Å². The molecule has 2 aromatic carbocycles. The molecule has 0 saturated carbocycles. The van der Waals surface area contributed by atoms with Crippen LogP contribution in [0.5, 0.6) is 11.5 Å². The summed E-state index contributed by atoms with van der Waals surface area (Å²) in [4.78, 5) is 29.1. The second-order valence-corrected chi connectivity index (χ2v) is 8.76. The Morgan fingerprint density at radius 3 is 2.37 bits per heavy atom. The number of hydrogen-bond acceptors (Lipinski definition) is 5. The normalized spacial score (nSPS) is 19.6. The van der Waals surface area contributed by atoms with Crippen LogP contribution in [-0.2, 0) is 11.2 Å². The number of halogens is 3. The highest BCUT2D eigenvalue weighted by atomic mass is 19.2. The summed E-state index contributed by atoms with van der Waals surface area (Å²) in [7, 11) is 3.03. The number of benzene rings is 2. The smallest absolute Gasteiger partial charge is 0.322 e. The molecule has 11 heteroatoms. The van der Waals surface area contributed by atoms with E-state index in [2.05, 4.69) is 5.32 Å². The number of nitrogens with one attached hydrogen (secondary N) is 1. The van der Waals surface area contributed by atoms with Crippen molar-refractivity contribution < 1.29 is 32.2 Å². The molecule has 188 valence electrons. The molecule has 2 aromatic rings. The van der Waals surface area contributed by atoms with Gasteiger partial charge in [0.25, 0.3) is 0 Å². The van der Waals surface area contributed by atoms with Crippen LogP contribution in [0.25, 0.3) is 0 Å².